The minimum Gasteiger partial charge on any atom is -0.490 e. The van der Waals surface area contributed by atoms with E-state index in [9.17, 15) is 0 Å². The number of nitrogens with one attached hydrogen (secondary N) is 2. The van der Waals surface area contributed by atoms with Gasteiger partial charge in [0.25, 0.3) is 0 Å². The summed E-state index contributed by atoms with van der Waals surface area (Å²) in [5.74, 6) is 0.981. The van der Waals surface area contributed by atoms with Crippen LogP contribution in [0.15, 0.2) is 18.2 Å². The molecule has 0 bridgehead atoms. The van der Waals surface area contributed by atoms with Crippen molar-refractivity contribution >= 4 is 5.69 Å². The molecule has 0 radical (unpaired) electrons. The Kier molecular flexibility index (Phi) is 4.26. The van der Waals surface area contributed by atoms with Crippen LogP contribution in [0.3, 0.4) is 0 Å². The summed E-state index contributed by atoms with van der Waals surface area (Å²) in [7, 11) is 0. The summed E-state index contributed by atoms with van der Waals surface area (Å²) >= 11 is 0. The number of hydrogen-bond acceptors (Lipinski definition) is 3. The Hall–Kier alpha value is -1.22. The van der Waals surface area contributed by atoms with E-state index in [4.69, 9.17) is 4.74 Å². The normalized spacial score (nSPS) is 15.6. The molecule has 2 rings (SSSR count). The molecule has 3 heteroatoms. The average Bonchev–Trinajstić information content (AvgIpc) is 2.36. The molecule has 0 saturated heterocycles. The van der Waals surface area contributed by atoms with Gasteiger partial charge >= 0.3 is 0 Å². The second kappa shape index (κ2) is 5.92. The molecule has 1 heterocycles. The van der Waals surface area contributed by atoms with Crippen molar-refractivity contribution in [2.75, 3.05) is 25.0 Å². The maximum Gasteiger partial charge on any atom is 0.142 e. The average molecular weight is 234 g/mol. The summed E-state index contributed by atoms with van der Waals surface area (Å²) < 4.78 is 5.57. The van der Waals surface area contributed by atoms with Crippen LogP contribution in [-0.4, -0.2) is 25.7 Å². The lowest BCUT2D eigenvalue weighted by Crippen LogP contribution is -2.28. The van der Waals surface area contributed by atoms with Crippen molar-refractivity contribution in [3.8, 4) is 5.75 Å². The van der Waals surface area contributed by atoms with Crippen LogP contribution in [0.2, 0.25) is 0 Å². The van der Waals surface area contributed by atoms with Crippen LogP contribution < -0.4 is 15.4 Å². The molecule has 0 spiro atoms. The summed E-state index contributed by atoms with van der Waals surface area (Å²) in [4.78, 5) is 0. The van der Waals surface area contributed by atoms with Gasteiger partial charge in [-0.3, -0.25) is 0 Å². The molecule has 2 N–H and O–H groups in total. The lowest BCUT2D eigenvalue weighted by Gasteiger charge is -2.20. The van der Waals surface area contributed by atoms with E-state index in [2.05, 4.69) is 42.7 Å². The molecule has 1 unspecified atom stereocenters. The van der Waals surface area contributed by atoms with Crippen LogP contribution >= 0.6 is 0 Å². The predicted octanol–water partition coefficient (Wildman–Crippen LogP) is 2.42. The quantitative estimate of drug-likeness (QED) is 0.821. The van der Waals surface area contributed by atoms with E-state index in [1.165, 1.54) is 12.0 Å². The van der Waals surface area contributed by atoms with Crippen LogP contribution in [0.4, 0.5) is 5.69 Å². The molecule has 94 valence electrons. The summed E-state index contributed by atoms with van der Waals surface area (Å²) in [6, 6.07) is 6.97. The Bertz CT molecular complexity index is 365. The Morgan fingerprint density at radius 1 is 1.47 bits per heavy atom. The van der Waals surface area contributed by atoms with Gasteiger partial charge in [0.2, 0.25) is 0 Å². The van der Waals surface area contributed by atoms with Crippen molar-refractivity contribution in [1.82, 2.24) is 5.32 Å². The molecular formula is C14H22N2O. The zero-order valence-electron chi connectivity index (χ0n) is 10.8. The summed E-state index contributed by atoms with van der Waals surface area (Å²) in [6.45, 7) is 7.19. The van der Waals surface area contributed by atoms with Crippen molar-refractivity contribution in [1.29, 1.82) is 0 Å². The zero-order chi connectivity index (χ0) is 12.1. The van der Waals surface area contributed by atoms with Gasteiger partial charge in [-0.05, 0) is 44.0 Å². The number of benzene rings is 1. The van der Waals surface area contributed by atoms with E-state index in [0.29, 0.717) is 6.04 Å². The van der Waals surface area contributed by atoms with Gasteiger partial charge in [0.15, 0.2) is 0 Å². The minimum atomic E-state index is 0.525. The molecule has 1 aliphatic rings. The number of rotatable bonds is 5. The molecule has 0 saturated carbocycles. The lowest BCUT2D eigenvalue weighted by atomic mass is 10.1. The van der Waals surface area contributed by atoms with E-state index in [1.807, 2.05) is 0 Å². The topological polar surface area (TPSA) is 33.3 Å². The van der Waals surface area contributed by atoms with Crippen LogP contribution in [0.5, 0.6) is 5.75 Å². The van der Waals surface area contributed by atoms with Gasteiger partial charge in [-0.2, -0.15) is 0 Å². The largest absolute Gasteiger partial charge is 0.490 e. The highest BCUT2D eigenvalue weighted by atomic mass is 16.5. The monoisotopic (exact) mass is 234 g/mol. The lowest BCUT2D eigenvalue weighted by molar-refractivity contribution is 0.323. The van der Waals surface area contributed by atoms with Crippen LogP contribution in [0.1, 0.15) is 25.8 Å². The van der Waals surface area contributed by atoms with Crippen molar-refractivity contribution < 1.29 is 4.74 Å². The van der Waals surface area contributed by atoms with Gasteiger partial charge in [-0.15, -0.1) is 0 Å². The molecule has 0 aromatic heterocycles. The number of fused-ring (bicyclic) bond motifs is 1. The van der Waals surface area contributed by atoms with Gasteiger partial charge in [0.05, 0.1) is 5.69 Å². The first-order valence-electron chi connectivity index (χ1n) is 6.52. The maximum absolute atomic E-state index is 5.57. The van der Waals surface area contributed by atoms with Crippen molar-refractivity contribution in [3.05, 3.63) is 23.8 Å². The summed E-state index contributed by atoms with van der Waals surface area (Å²) in [5, 5.41) is 6.88. The molecule has 0 fully saturated rings. The van der Waals surface area contributed by atoms with Crippen molar-refractivity contribution in [2.45, 2.75) is 32.7 Å². The fraction of sp³-hybridized carbons (Fsp3) is 0.571. The van der Waals surface area contributed by atoms with E-state index in [0.717, 1.165) is 37.6 Å². The standard InChI is InChI=1S/C14H22N2O/c1-3-6-15-11(2)9-12-4-5-14-13(10-12)16-7-8-17-14/h4-5,10-11,15-16H,3,6-9H2,1-2H3. The number of ether oxygens (including phenoxy) is 1. The number of anilines is 1. The molecule has 1 atom stereocenters. The van der Waals surface area contributed by atoms with Crippen molar-refractivity contribution in [2.24, 2.45) is 0 Å². The van der Waals surface area contributed by atoms with E-state index in [1.54, 1.807) is 0 Å². The zero-order valence-corrected chi connectivity index (χ0v) is 10.8. The smallest absolute Gasteiger partial charge is 0.142 e. The molecule has 0 amide bonds. The highest BCUT2D eigenvalue weighted by Crippen LogP contribution is 2.28. The Balaban J connectivity index is 1.97. The van der Waals surface area contributed by atoms with Crippen LogP contribution in [0, 0.1) is 0 Å². The molecule has 0 aliphatic carbocycles. The molecule has 17 heavy (non-hydrogen) atoms. The third-order valence-electron chi connectivity index (χ3n) is 3.00. The molecule has 3 nitrogen and oxygen atoms in total. The Morgan fingerprint density at radius 2 is 2.35 bits per heavy atom. The maximum atomic E-state index is 5.57. The number of hydrogen-bond donors (Lipinski definition) is 2. The third-order valence-corrected chi connectivity index (χ3v) is 3.00. The van der Waals surface area contributed by atoms with Gasteiger partial charge in [-0.1, -0.05) is 13.0 Å². The SMILES string of the molecule is CCCNC(C)Cc1ccc2c(c1)NCCO2. The second-order valence-corrected chi connectivity index (χ2v) is 4.67. The predicted molar refractivity (Wildman–Crippen MR) is 71.9 cm³/mol. The van der Waals surface area contributed by atoms with Crippen molar-refractivity contribution in [3.63, 3.8) is 0 Å². The summed E-state index contributed by atoms with van der Waals surface area (Å²) in [6.07, 6.45) is 2.25. The highest BCUT2D eigenvalue weighted by molar-refractivity contribution is 5.59. The molecule has 1 aliphatic heterocycles. The van der Waals surface area contributed by atoms with Crippen LogP contribution in [0.25, 0.3) is 0 Å². The molecule has 1 aromatic carbocycles. The fourth-order valence-corrected chi connectivity index (χ4v) is 2.13. The first-order chi connectivity index (χ1) is 8.29. The summed E-state index contributed by atoms with van der Waals surface area (Å²) in [5.41, 5.74) is 2.49. The fourth-order valence-electron chi connectivity index (χ4n) is 2.13. The molecular weight excluding hydrogens is 212 g/mol. The van der Waals surface area contributed by atoms with E-state index in [-0.39, 0.29) is 0 Å². The minimum absolute atomic E-state index is 0.525. The Labute approximate surface area is 104 Å². The third kappa shape index (κ3) is 3.37. The van der Waals surface area contributed by atoms with E-state index < -0.39 is 0 Å². The van der Waals surface area contributed by atoms with E-state index >= 15 is 0 Å². The van der Waals surface area contributed by atoms with Gasteiger partial charge in [-0.25, -0.2) is 0 Å². The van der Waals surface area contributed by atoms with Gasteiger partial charge < -0.3 is 15.4 Å². The van der Waals surface area contributed by atoms with Gasteiger partial charge in [0.1, 0.15) is 12.4 Å². The first kappa shape index (κ1) is 12.2. The van der Waals surface area contributed by atoms with Gasteiger partial charge in [0, 0.05) is 12.6 Å². The highest BCUT2D eigenvalue weighted by Gasteiger charge is 2.10. The first-order valence-corrected chi connectivity index (χ1v) is 6.52. The van der Waals surface area contributed by atoms with Crippen LogP contribution in [-0.2, 0) is 6.42 Å². The Morgan fingerprint density at radius 3 is 3.18 bits per heavy atom. The molecule has 1 aromatic rings. The second-order valence-electron chi connectivity index (χ2n) is 4.67.